The van der Waals surface area contributed by atoms with Crippen molar-refractivity contribution in [2.24, 2.45) is 44.8 Å². The van der Waals surface area contributed by atoms with Gasteiger partial charge in [0.15, 0.2) is 0 Å². The average molecular weight is 386 g/mol. The molecule has 5 aliphatic rings. The molecule has 158 valence electrons. The molecule has 2 spiro atoms. The van der Waals surface area contributed by atoms with E-state index in [-0.39, 0.29) is 11.5 Å². The van der Waals surface area contributed by atoms with Gasteiger partial charge < -0.3 is 10.4 Å². The van der Waals surface area contributed by atoms with Gasteiger partial charge in [0.05, 0.1) is 6.10 Å². The Hall–Kier alpha value is -0.340. The molecule has 9 atom stereocenters. The third-order valence-corrected chi connectivity index (χ3v) is 12.2. The maximum absolute atomic E-state index is 10.5. The van der Waals surface area contributed by atoms with E-state index in [1.807, 2.05) is 6.92 Å². The molecule has 1 unspecified atom stereocenters. The smallest absolute Gasteiger partial charge is 0.0727 e. The van der Waals surface area contributed by atoms with E-state index in [0.29, 0.717) is 27.7 Å². The highest BCUT2D eigenvalue weighted by atomic mass is 16.3. The quantitative estimate of drug-likeness (QED) is 0.610. The highest BCUT2D eigenvalue weighted by Crippen LogP contribution is 2.90. The van der Waals surface area contributed by atoms with Crippen molar-refractivity contribution >= 4 is 0 Å². The average Bonchev–Trinajstić information content (AvgIpc) is 3.01. The molecule has 0 aromatic carbocycles. The van der Waals surface area contributed by atoms with Gasteiger partial charge in [0.2, 0.25) is 0 Å². The van der Waals surface area contributed by atoms with Crippen molar-refractivity contribution in [3.63, 3.8) is 0 Å². The topological polar surface area (TPSA) is 32.3 Å². The number of rotatable bonds is 2. The highest BCUT2D eigenvalue weighted by molar-refractivity contribution is 5.39. The van der Waals surface area contributed by atoms with Gasteiger partial charge >= 0.3 is 0 Å². The molecule has 0 saturated heterocycles. The number of hydrogen-bond donors (Lipinski definition) is 2. The lowest BCUT2D eigenvalue weighted by Crippen LogP contribution is -2.59. The van der Waals surface area contributed by atoms with Crippen molar-refractivity contribution in [2.75, 3.05) is 7.05 Å². The summed E-state index contributed by atoms with van der Waals surface area (Å²) in [6, 6.07) is 0.670. The summed E-state index contributed by atoms with van der Waals surface area (Å²) in [5, 5.41) is 14.2. The van der Waals surface area contributed by atoms with Gasteiger partial charge in [0.1, 0.15) is 0 Å². The SMILES string of the molecule is CN[C@H]1CC[C@]23[C@@H](C)[C@]24CC[C@]2(C)C(C(C)O)=CC[C@@]2(C)[C@@H]4CC[C@H]3C1(C)C. The summed E-state index contributed by atoms with van der Waals surface area (Å²) >= 11 is 0. The normalized spacial score (nSPS) is 57.4. The summed E-state index contributed by atoms with van der Waals surface area (Å²) in [7, 11) is 2.18. The minimum absolute atomic E-state index is 0.200. The van der Waals surface area contributed by atoms with E-state index in [1.54, 1.807) is 0 Å². The Balaban J connectivity index is 1.56. The highest BCUT2D eigenvalue weighted by Gasteiger charge is 2.85. The first-order chi connectivity index (χ1) is 13.0. The number of allylic oxidation sites excluding steroid dienone is 1. The second-order valence-corrected chi connectivity index (χ2v) is 12.5. The zero-order valence-electron chi connectivity index (χ0n) is 19.4. The predicted molar refractivity (Wildman–Crippen MR) is 116 cm³/mol. The Morgan fingerprint density at radius 2 is 1.64 bits per heavy atom. The monoisotopic (exact) mass is 385 g/mol. The molecule has 2 nitrogen and oxygen atoms in total. The summed E-state index contributed by atoms with van der Waals surface area (Å²) in [6.45, 7) is 14.9. The van der Waals surface area contributed by atoms with E-state index >= 15 is 0 Å². The maximum Gasteiger partial charge on any atom is 0.0727 e. The summed E-state index contributed by atoms with van der Waals surface area (Å²) in [5.74, 6) is 2.59. The second-order valence-electron chi connectivity index (χ2n) is 12.5. The van der Waals surface area contributed by atoms with Gasteiger partial charge in [-0.15, -0.1) is 0 Å². The molecule has 28 heavy (non-hydrogen) atoms. The van der Waals surface area contributed by atoms with Crippen LogP contribution in [0.25, 0.3) is 0 Å². The maximum atomic E-state index is 10.5. The van der Waals surface area contributed by atoms with Crippen LogP contribution in [0.3, 0.4) is 0 Å². The summed E-state index contributed by atoms with van der Waals surface area (Å²) < 4.78 is 0. The van der Waals surface area contributed by atoms with E-state index in [1.165, 1.54) is 50.5 Å². The van der Waals surface area contributed by atoms with Crippen molar-refractivity contribution in [1.29, 1.82) is 0 Å². The number of aliphatic hydroxyl groups is 1. The van der Waals surface area contributed by atoms with Crippen molar-refractivity contribution in [1.82, 2.24) is 5.32 Å². The lowest BCUT2D eigenvalue weighted by Gasteiger charge is -2.63. The summed E-state index contributed by atoms with van der Waals surface area (Å²) in [6.07, 6.45) is 11.6. The van der Waals surface area contributed by atoms with Crippen LogP contribution in [0.2, 0.25) is 0 Å². The fourth-order valence-corrected chi connectivity index (χ4v) is 10.8. The summed E-state index contributed by atoms with van der Waals surface area (Å²) in [4.78, 5) is 0. The minimum Gasteiger partial charge on any atom is -0.389 e. The first-order valence-electron chi connectivity index (χ1n) is 12.1. The second kappa shape index (κ2) is 5.47. The molecule has 0 bridgehead atoms. The Labute approximate surface area is 172 Å². The lowest BCUT2D eigenvalue weighted by molar-refractivity contribution is -0.130. The molecule has 0 aliphatic heterocycles. The van der Waals surface area contributed by atoms with Gasteiger partial charge in [0, 0.05) is 6.04 Å². The van der Waals surface area contributed by atoms with Crippen LogP contribution >= 0.6 is 0 Å². The number of aliphatic hydroxyl groups excluding tert-OH is 1. The van der Waals surface area contributed by atoms with Gasteiger partial charge in [-0.25, -0.2) is 0 Å². The molecule has 0 aromatic heterocycles. The van der Waals surface area contributed by atoms with E-state index in [9.17, 15) is 5.11 Å². The van der Waals surface area contributed by atoms with E-state index in [2.05, 4.69) is 53.1 Å². The molecule has 4 saturated carbocycles. The molecular weight excluding hydrogens is 342 g/mol. The van der Waals surface area contributed by atoms with Gasteiger partial charge in [-0.05, 0) is 109 Å². The largest absolute Gasteiger partial charge is 0.389 e. The number of fused-ring (bicyclic) bond motifs is 2. The first-order valence-corrected chi connectivity index (χ1v) is 12.1. The fourth-order valence-electron chi connectivity index (χ4n) is 10.8. The zero-order valence-corrected chi connectivity index (χ0v) is 19.4. The summed E-state index contributed by atoms with van der Waals surface area (Å²) in [5.41, 5.74) is 3.45. The van der Waals surface area contributed by atoms with Crippen LogP contribution < -0.4 is 5.32 Å². The van der Waals surface area contributed by atoms with Gasteiger partial charge in [-0.1, -0.05) is 40.7 Å². The lowest BCUT2D eigenvalue weighted by atomic mass is 9.42. The van der Waals surface area contributed by atoms with Gasteiger partial charge in [-0.2, -0.15) is 0 Å². The zero-order chi connectivity index (χ0) is 20.3. The minimum atomic E-state index is -0.284. The standard InChI is InChI=1S/C26H43NO/c1-16(28)18-10-12-24(6)20-9-8-19-22(3,4)21(27-7)11-13-25(19)17(2)26(20,25)15-14-23(18,24)5/h10,16-17,19-21,27-28H,8-9,11-15H2,1-7H3/t16?,17-,19+,20+,21+,23-,24+,25-,26+/m1/s1. The van der Waals surface area contributed by atoms with Crippen molar-refractivity contribution in [3.8, 4) is 0 Å². The molecule has 5 aliphatic carbocycles. The molecule has 0 heterocycles. The molecule has 5 rings (SSSR count). The molecule has 0 amide bonds. The first kappa shape index (κ1) is 19.6. The molecule has 0 radical (unpaired) electrons. The van der Waals surface area contributed by atoms with Crippen molar-refractivity contribution in [2.45, 2.75) is 98.6 Å². The van der Waals surface area contributed by atoms with Crippen LogP contribution in [-0.2, 0) is 0 Å². The van der Waals surface area contributed by atoms with Crippen LogP contribution in [0.4, 0.5) is 0 Å². The molecule has 4 fully saturated rings. The Kier molecular flexibility index (Phi) is 3.83. The van der Waals surface area contributed by atoms with Gasteiger partial charge in [0.25, 0.3) is 0 Å². The Bertz CT molecular complexity index is 724. The number of hydrogen-bond acceptors (Lipinski definition) is 2. The van der Waals surface area contributed by atoms with Crippen molar-refractivity contribution in [3.05, 3.63) is 11.6 Å². The molecule has 2 heteroatoms. The Morgan fingerprint density at radius 3 is 2.29 bits per heavy atom. The molecule has 0 aromatic rings. The van der Waals surface area contributed by atoms with Crippen LogP contribution in [0, 0.1) is 44.8 Å². The van der Waals surface area contributed by atoms with Crippen LogP contribution in [0.1, 0.15) is 86.5 Å². The van der Waals surface area contributed by atoms with E-state index in [4.69, 9.17) is 0 Å². The molecule has 2 N–H and O–H groups in total. The van der Waals surface area contributed by atoms with E-state index < -0.39 is 0 Å². The molecular formula is C26H43NO. The predicted octanol–water partition coefficient (Wildman–Crippen LogP) is 5.56. The third kappa shape index (κ3) is 1.78. The van der Waals surface area contributed by atoms with E-state index in [0.717, 1.165) is 17.8 Å². The van der Waals surface area contributed by atoms with Crippen LogP contribution in [-0.4, -0.2) is 24.3 Å². The Morgan fingerprint density at radius 1 is 1.00 bits per heavy atom. The van der Waals surface area contributed by atoms with Crippen molar-refractivity contribution < 1.29 is 5.11 Å². The third-order valence-electron chi connectivity index (χ3n) is 12.2. The fraction of sp³-hybridized carbons (Fsp3) is 0.923. The van der Waals surface area contributed by atoms with Crippen LogP contribution in [0.5, 0.6) is 0 Å². The van der Waals surface area contributed by atoms with Gasteiger partial charge in [-0.3, -0.25) is 0 Å². The number of nitrogens with one attached hydrogen (secondary N) is 1. The van der Waals surface area contributed by atoms with Crippen LogP contribution in [0.15, 0.2) is 11.6 Å².